The van der Waals surface area contributed by atoms with Crippen molar-refractivity contribution >= 4 is 39.1 Å². The number of rotatable bonds is 9. The van der Waals surface area contributed by atoms with E-state index in [1.54, 1.807) is 18.2 Å². The van der Waals surface area contributed by atoms with Crippen LogP contribution in [-0.2, 0) is 19.6 Å². The number of hydrogen-bond donors (Lipinski definition) is 1. The molecule has 1 N–H and O–H groups in total. The zero-order valence-corrected chi connectivity index (χ0v) is 20.5. The van der Waals surface area contributed by atoms with Crippen molar-refractivity contribution in [1.82, 2.24) is 9.29 Å². The second-order valence-electron chi connectivity index (χ2n) is 7.33. The van der Waals surface area contributed by atoms with Crippen molar-refractivity contribution in [2.24, 2.45) is 0 Å². The van der Waals surface area contributed by atoms with Crippen LogP contribution in [0.4, 0.5) is 11.4 Å². The Morgan fingerprint density at radius 3 is 2.50 bits per heavy atom. The first-order chi connectivity index (χ1) is 15.3. The molecule has 0 unspecified atom stereocenters. The van der Waals surface area contributed by atoms with Crippen LogP contribution in [-0.4, -0.2) is 68.8 Å². The number of morpholine rings is 1. The molecular formula is C21H30N4O5S2. The summed E-state index contributed by atoms with van der Waals surface area (Å²) in [5.41, 5.74) is 2.03. The van der Waals surface area contributed by atoms with Crippen molar-refractivity contribution in [1.29, 1.82) is 0 Å². The Hall–Kier alpha value is -2.08. The van der Waals surface area contributed by atoms with Gasteiger partial charge in [-0.25, -0.2) is 13.4 Å². The van der Waals surface area contributed by atoms with Gasteiger partial charge in [-0.1, -0.05) is 11.8 Å². The molecule has 176 valence electrons. The largest absolute Gasteiger partial charge is 0.437 e. The fourth-order valence-corrected chi connectivity index (χ4v) is 5.52. The molecule has 1 aromatic heterocycles. The van der Waals surface area contributed by atoms with Crippen LogP contribution < -0.4 is 10.2 Å². The lowest BCUT2D eigenvalue weighted by atomic mass is 10.2. The number of hydrogen-bond acceptors (Lipinski definition) is 8. The number of nitrogens with one attached hydrogen (secondary N) is 1. The number of ether oxygens (including phenoxy) is 1. The van der Waals surface area contributed by atoms with Gasteiger partial charge in [0.15, 0.2) is 0 Å². The van der Waals surface area contributed by atoms with Gasteiger partial charge in [0.2, 0.25) is 15.9 Å². The molecule has 1 aromatic carbocycles. The van der Waals surface area contributed by atoms with E-state index in [9.17, 15) is 13.2 Å². The Bertz CT molecular complexity index is 1020. The molecule has 0 atom stereocenters. The van der Waals surface area contributed by atoms with Crippen molar-refractivity contribution in [3.63, 3.8) is 0 Å². The van der Waals surface area contributed by atoms with Gasteiger partial charge in [-0.15, -0.1) is 0 Å². The fourth-order valence-electron chi connectivity index (χ4n) is 3.37. The highest BCUT2D eigenvalue weighted by Gasteiger charge is 2.27. The lowest BCUT2D eigenvalue weighted by Crippen LogP contribution is -2.40. The van der Waals surface area contributed by atoms with E-state index in [2.05, 4.69) is 15.2 Å². The first-order valence-electron chi connectivity index (χ1n) is 10.6. The van der Waals surface area contributed by atoms with Gasteiger partial charge in [0, 0.05) is 26.2 Å². The molecule has 2 aromatic rings. The maximum Gasteiger partial charge on any atom is 0.256 e. The molecule has 1 saturated heterocycles. The van der Waals surface area contributed by atoms with E-state index in [0.29, 0.717) is 37.2 Å². The number of nitrogens with zero attached hydrogens (tertiary/aromatic N) is 3. The van der Waals surface area contributed by atoms with Crippen LogP contribution in [0.15, 0.2) is 32.7 Å². The van der Waals surface area contributed by atoms with E-state index in [1.165, 1.54) is 16.1 Å². The van der Waals surface area contributed by atoms with Crippen LogP contribution in [0, 0.1) is 13.8 Å². The average molecular weight is 483 g/mol. The van der Waals surface area contributed by atoms with E-state index >= 15 is 0 Å². The van der Waals surface area contributed by atoms with Crippen molar-refractivity contribution in [2.75, 3.05) is 55.4 Å². The van der Waals surface area contributed by atoms with Crippen LogP contribution in [0.25, 0.3) is 0 Å². The third-order valence-electron chi connectivity index (χ3n) is 5.29. The van der Waals surface area contributed by atoms with E-state index in [-0.39, 0.29) is 16.6 Å². The molecule has 9 nitrogen and oxygen atoms in total. The standard InChI is InChI=1S/C21H30N4O5S2/c1-5-24(6-2)19-8-7-17(32(27,28)25-9-11-29-12-10-25)13-18(19)23-20(26)14-31-21-22-15(3)16(4)30-21/h7-8,13H,5-6,9-12,14H2,1-4H3,(H,23,26). The van der Waals surface area contributed by atoms with E-state index in [0.717, 1.165) is 30.2 Å². The highest BCUT2D eigenvalue weighted by Crippen LogP contribution is 2.31. The quantitative estimate of drug-likeness (QED) is 0.544. The van der Waals surface area contributed by atoms with Crippen LogP contribution in [0.5, 0.6) is 0 Å². The topological polar surface area (TPSA) is 105 Å². The number of benzene rings is 1. The predicted molar refractivity (Wildman–Crippen MR) is 125 cm³/mol. The molecule has 1 amide bonds. The number of carbonyl (C=O) groups excluding carboxylic acids is 1. The third-order valence-corrected chi connectivity index (χ3v) is 8.01. The Morgan fingerprint density at radius 2 is 1.91 bits per heavy atom. The number of anilines is 2. The number of aryl methyl sites for hydroxylation is 2. The van der Waals surface area contributed by atoms with Crippen LogP contribution in [0.1, 0.15) is 25.3 Å². The summed E-state index contributed by atoms with van der Waals surface area (Å²) < 4.78 is 38.4. The van der Waals surface area contributed by atoms with E-state index in [1.807, 2.05) is 27.7 Å². The van der Waals surface area contributed by atoms with Gasteiger partial charge >= 0.3 is 0 Å². The molecule has 1 aliphatic heterocycles. The molecule has 0 radical (unpaired) electrons. The zero-order chi connectivity index (χ0) is 23.3. The highest BCUT2D eigenvalue weighted by molar-refractivity contribution is 7.99. The normalized spacial score (nSPS) is 15.0. The Labute approximate surface area is 193 Å². The monoisotopic (exact) mass is 482 g/mol. The number of amides is 1. The van der Waals surface area contributed by atoms with Crippen LogP contribution in [0.3, 0.4) is 0 Å². The van der Waals surface area contributed by atoms with Gasteiger partial charge in [0.05, 0.1) is 40.9 Å². The molecular weight excluding hydrogens is 452 g/mol. The van der Waals surface area contributed by atoms with Gasteiger partial charge in [-0.05, 0) is 45.9 Å². The number of thioether (sulfide) groups is 1. The molecule has 2 heterocycles. The Balaban J connectivity index is 1.83. The summed E-state index contributed by atoms with van der Waals surface area (Å²) in [5, 5.41) is 3.32. The smallest absolute Gasteiger partial charge is 0.256 e. The summed E-state index contributed by atoms with van der Waals surface area (Å²) in [4.78, 5) is 19.2. The molecule has 3 rings (SSSR count). The van der Waals surface area contributed by atoms with Gasteiger partial charge in [0.1, 0.15) is 5.76 Å². The number of sulfonamides is 1. The minimum absolute atomic E-state index is 0.0948. The molecule has 0 bridgehead atoms. The van der Waals surface area contributed by atoms with E-state index in [4.69, 9.17) is 9.15 Å². The van der Waals surface area contributed by atoms with E-state index < -0.39 is 10.0 Å². The number of aromatic nitrogens is 1. The van der Waals surface area contributed by atoms with Crippen molar-refractivity contribution < 1.29 is 22.4 Å². The summed E-state index contributed by atoms with van der Waals surface area (Å²) in [5.74, 6) is 0.549. The van der Waals surface area contributed by atoms with Crippen LogP contribution in [0.2, 0.25) is 0 Å². The van der Waals surface area contributed by atoms with Gasteiger partial charge < -0.3 is 19.4 Å². The average Bonchev–Trinajstić information content (AvgIpc) is 3.11. The molecule has 32 heavy (non-hydrogen) atoms. The molecule has 0 aliphatic carbocycles. The lowest BCUT2D eigenvalue weighted by molar-refractivity contribution is -0.113. The minimum atomic E-state index is -3.68. The minimum Gasteiger partial charge on any atom is -0.437 e. The van der Waals surface area contributed by atoms with Gasteiger partial charge in [-0.3, -0.25) is 4.79 Å². The second-order valence-corrected chi connectivity index (χ2v) is 10.2. The first kappa shape index (κ1) is 24.6. The third kappa shape index (κ3) is 5.64. The Kier molecular flexibility index (Phi) is 8.21. The summed E-state index contributed by atoms with van der Waals surface area (Å²) in [6, 6.07) is 4.89. The summed E-state index contributed by atoms with van der Waals surface area (Å²) in [6.07, 6.45) is 0. The van der Waals surface area contributed by atoms with Gasteiger partial charge in [0.25, 0.3) is 5.22 Å². The van der Waals surface area contributed by atoms with Crippen molar-refractivity contribution in [2.45, 2.75) is 37.8 Å². The molecule has 0 spiro atoms. The SMILES string of the molecule is CCN(CC)c1ccc(S(=O)(=O)N2CCOCC2)cc1NC(=O)CSc1nc(C)c(C)o1. The van der Waals surface area contributed by atoms with Crippen molar-refractivity contribution in [3.8, 4) is 0 Å². The maximum absolute atomic E-state index is 13.1. The summed E-state index contributed by atoms with van der Waals surface area (Å²) in [6.45, 7) is 10.5. The number of oxazole rings is 1. The zero-order valence-electron chi connectivity index (χ0n) is 18.9. The maximum atomic E-state index is 13.1. The van der Waals surface area contributed by atoms with Crippen LogP contribution >= 0.6 is 11.8 Å². The Morgan fingerprint density at radius 1 is 1.22 bits per heavy atom. The fraction of sp³-hybridized carbons (Fsp3) is 0.524. The highest BCUT2D eigenvalue weighted by atomic mass is 32.2. The number of carbonyl (C=O) groups is 1. The van der Waals surface area contributed by atoms with Crippen molar-refractivity contribution in [3.05, 3.63) is 29.7 Å². The second kappa shape index (κ2) is 10.7. The lowest BCUT2D eigenvalue weighted by Gasteiger charge is -2.28. The first-order valence-corrected chi connectivity index (χ1v) is 13.0. The molecule has 1 fully saturated rings. The summed E-state index contributed by atoms with van der Waals surface area (Å²) >= 11 is 1.20. The molecule has 1 aliphatic rings. The molecule has 0 saturated carbocycles. The van der Waals surface area contributed by atoms with Gasteiger partial charge in [-0.2, -0.15) is 4.31 Å². The molecule has 11 heteroatoms. The predicted octanol–water partition coefficient (Wildman–Crippen LogP) is 2.89. The summed E-state index contributed by atoms with van der Waals surface area (Å²) in [7, 11) is -3.68.